The molecule has 23 heavy (non-hydrogen) atoms. The summed E-state index contributed by atoms with van der Waals surface area (Å²) in [6.07, 6.45) is 3.51. The van der Waals surface area contributed by atoms with Gasteiger partial charge < -0.3 is 10.4 Å². The molecule has 0 aliphatic heterocycles. The molecule has 1 saturated carbocycles. The first-order valence-electron chi connectivity index (χ1n) is 8.68. The second-order valence-electron chi connectivity index (χ2n) is 8.12. The summed E-state index contributed by atoms with van der Waals surface area (Å²) in [5, 5.41) is 17.7. The molecule has 1 aliphatic rings. The van der Waals surface area contributed by atoms with Gasteiger partial charge in [0.25, 0.3) is 5.91 Å². The number of aromatic nitrogens is 2. The zero-order chi connectivity index (χ0) is 17.4. The highest BCUT2D eigenvalue weighted by atomic mass is 16.3. The zero-order valence-corrected chi connectivity index (χ0v) is 15.3. The third-order valence-corrected chi connectivity index (χ3v) is 4.67. The molecule has 130 valence electrons. The number of hydrogen-bond acceptors (Lipinski definition) is 3. The molecule has 0 saturated heterocycles. The number of nitrogens with zero attached hydrogens (tertiary/aromatic N) is 2. The molecule has 0 spiro atoms. The van der Waals surface area contributed by atoms with Gasteiger partial charge >= 0.3 is 0 Å². The predicted octanol–water partition coefficient (Wildman–Crippen LogP) is 3.11. The molecule has 1 amide bonds. The van der Waals surface area contributed by atoms with Crippen molar-refractivity contribution in [3.63, 3.8) is 0 Å². The van der Waals surface area contributed by atoms with E-state index < -0.39 is 6.10 Å². The largest absolute Gasteiger partial charge is 0.392 e. The van der Waals surface area contributed by atoms with E-state index in [0.717, 1.165) is 18.5 Å². The minimum atomic E-state index is -0.455. The average molecular weight is 321 g/mol. The van der Waals surface area contributed by atoms with Crippen molar-refractivity contribution in [1.82, 2.24) is 15.1 Å². The number of hydrogen-bond donors (Lipinski definition) is 2. The number of amides is 1. The van der Waals surface area contributed by atoms with Crippen LogP contribution in [0.15, 0.2) is 6.20 Å². The maximum Gasteiger partial charge on any atom is 0.254 e. The molecule has 0 radical (unpaired) electrons. The van der Waals surface area contributed by atoms with Crippen LogP contribution in [0, 0.1) is 11.3 Å². The summed E-state index contributed by atoms with van der Waals surface area (Å²) in [4.78, 5) is 12.6. The van der Waals surface area contributed by atoms with E-state index in [0.29, 0.717) is 18.0 Å². The summed E-state index contributed by atoms with van der Waals surface area (Å²) in [6.45, 7) is 12.6. The van der Waals surface area contributed by atoms with E-state index in [4.69, 9.17) is 0 Å². The number of aliphatic hydroxyl groups is 1. The van der Waals surface area contributed by atoms with E-state index in [-0.39, 0.29) is 23.3 Å². The number of carbonyl (C=O) groups excluding carboxylic acids is 1. The van der Waals surface area contributed by atoms with Crippen molar-refractivity contribution in [2.75, 3.05) is 6.54 Å². The van der Waals surface area contributed by atoms with Gasteiger partial charge in [0.2, 0.25) is 0 Å². The smallest absolute Gasteiger partial charge is 0.254 e. The lowest BCUT2D eigenvalue weighted by atomic mass is 9.80. The Bertz CT molecular complexity index is 557. The van der Waals surface area contributed by atoms with Gasteiger partial charge in [0, 0.05) is 23.9 Å². The Balaban J connectivity index is 2.10. The first-order valence-corrected chi connectivity index (χ1v) is 8.68. The second-order valence-corrected chi connectivity index (χ2v) is 8.12. The molecule has 5 nitrogen and oxygen atoms in total. The molecule has 5 heteroatoms. The molecule has 0 aromatic carbocycles. The van der Waals surface area contributed by atoms with E-state index in [1.165, 1.54) is 0 Å². The monoisotopic (exact) mass is 321 g/mol. The van der Waals surface area contributed by atoms with Gasteiger partial charge in [-0.2, -0.15) is 5.10 Å². The third-order valence-electron chi connectivity index (χ3n) is 4.67. The second kappa shape index (κ2) is 6.63. The highest BCUT2D eigenvalue weighted by Gasteiger charge is 2.34. The quantitative estimate of drug-likeness (QED) is 0.811. The summed E-state index contributed by atoms with van der Waals surface area (Å²) < 4.78 is 1.97. The number of rotatable bonds is 7. The van der Waals surface area contributed by atoms with Gasteiger partial charge in [0.05, 0.1) is 23.6 Å². The van der Waals surface area contributed by atoms with E-state index in [1.54, 1.807) is 6.20 Å². The SMILES string of the molecule is CC(C)C(O)C(C)(C)CNC(=O)c1cnn(C(C)C)c1C1CC1. The fourth-order valence-corrected chi connectivity index (χ4v) is 3.13. The normalized spacial score (nSPS) is 16.9. The summed E-state index contributed by atoms with van der Waals surface area (Å²) in [6, 6.07) is 0.256. The van der Waals surface area contributed by atoms with Crippen LogP contribution in [0.3, 0.4) is 0 Å². The van der Waals surface area contributed by atoms with Gasteiger partial charge in [-0.1, -0.05) is 27.7 Å². The summed E-state index contributed by atoms with van der Waals surface area (Å²) in [7, 11) is 0. The van der Waals surface area contributed by atoms with E-state index in [2.05, 4.69) is 24.3 Å². The average Bonchev–Trinajstić information content (AvgIpc) is 3.21. The first-order chi connectivity index (χ1) is 10.6. The molecule has 1 aromatic rings. The lowest BCUT2D eigenvalue weighted by Gasteiger charge is -2.33. The molecular weight excluding hydrogens is 290 g/mol. The van der Waals surface area contributed by atoms with Crippen LogP contribution in [-0.4, -0.2) is 33.4 Å². The topological polar surface area (TPSA) is 67.2 Å². The Morgan fingerprint density at radius 1 is 1.39 bits per heavy atom. The lowest BCUT2D eigenvalue weighted by molar-refractivity contribution is 0.0138. The number of aliphatic hydroxyl groups excluding tert-OH is 1. The van der Waals surface area contributed by atoms with Gasteiger partial charge in [-0.05, 0) is 32.6 Å². The van der Waals surface area contributed by atoms with Crippen molar-refractivity contribution in [2.45, 2.75) is 72.4 Å². The maximum absolute atomic E-state index is 12.6. The van der Waals surface area contributed by atoms with Crippen molar-refractivity contribution in [1.29, 1.82) is 0 Å². The molecule has 1 aromatic heterocycles. The predicted molar refractivity (Wildman–Crippen MR) is 91.5 cm³/mol. The Morgan fingerprint density at radius 3 is 2.48 bits per heavy atom. The number of carbonyl (C=O) groups is 1. The van der Waals surface area contributed by atoms with Gasteiger partial charge in [-0.15, -0.1) is 0 Å². The van der Waals surface area contributed by atoms with Crippen LogP contribution in [0.1, 0.15) is 82.4 Å². The Labute approximate surface area is 139 Å². The highest BCUT2D eigenvalue weighted by Crippen LogP contribution is 2.42. The van der Waals surface area contributed by atoms with Crippen molar-refractivity contribution in [2.24, 2.45) is 11.3 Å². The van der Waals surface area contributed by atoms with Crippen LogP contribution < -0.4 is 5.32 Å². The molecule has 1 aliphatic carbocycles. The van der Waals surface area contributed by atoms with Gasteiger partial charge in [0.1, 0.15) is 0 Å². The Morgan fingerprint density at radius 2 is 2.00 bits per heavy atom. The molecule has 2 N–H and O–H groups in total. The van der Waals surface area contributed by atoms with Gasteiger partial charge in [0.15, 0.2) is 0 Å². The van der Waals surface area contributed by atoms with E-state index >= 15 is 0 Å². The minimum absolute atomic E-state index is 0.0807. The molecular formula is C18H31N3O2. The summed E-state index contributed by atoms with van der Waals surface area (Å²) in [5.41, 5.74) is 1.40. The Kier molecular flexibility index (Phi) is 5.19. The van der Waals surface area contributed by atoms with Crippen LogP contribution in [0.5, 0.6) is 0 Å². The van der Waals surface area contributed by atoms with Crippen LogP contribution in [0.2, 0.25) is 0 Å². The van der Waals surface area contributed by atoms with Crippen molar-refractivity contribution >= 4 is 5.91 Å². The standard InChI is InChI=1S/C18H31N3O2/c1-11(2)16(22)18(5,6)10-19-17(23)14-9-20-21(12(3)4)15(14)13-7-8-13/h9,11-13,16,22H,7-8,10H2,1-6H3,(H,19,23). The maximum atomic E-state index is 12.6. The van der Waals surface area contributed by atoms with E-state index in [1.807, 2.05) is 32.4 Å². The van der Waals surface area contributed by atoms with Crippen molar-refractivity contribution < 1.29 is 9.90 Å². The van der Waals surface area contributed by atoms with Crippen LogP contribution in [-0.2, 0) is 0 Å². The third kappa shape index (κ3) is 3.94. The zero-order valence-electron chi connectivity index (χ0n) is 15.3. The van der Waals surface area contributed by atoms with Crippen molar-refractivity contribution in [3.8, 4) is 0 Å². The lowest BCUT2D eigenvalue weighted by Crippen LogP contribution is -2.43. The fraction of sp³-hybridized carbons (Fsp3) is 0.778. The molecule has 0 bridgehead atoms. The first kappa shape index (κ1) is 18.0. The molecule has 1 atom stereocenters. The van der Waals surface area contributed by atoms with E-state index in [9.17, 15) is 9.90 Å². The van der Waals surface area contributed by atoms with Crippen LogP contribution in [0.4, 0.5) is 0 Å². The minimum Gasteiger partial charge on any atom is -0.392 e. The van der Waals surface area contributed by atoms with Gasteiger partial charge in [-0.25, -0.2) is 0 Å². The fourth-order valence-electron chi connectivity index (χ4n) is 3.13. The highest BCUT2D eigenvalue weighted by molar-refractivity contribution is 5.95. The Hall–Kier alpha value is -1.36. The summed E-state index contributed by atoms with van der Waals surface area (Å²) >= 11 is 0. The van der Waals surface area contributed by atoms with Crippen LogP contribution in [0.25, 0.3) is 0 Å². The molecule has 1 unspecified atom stereocenters. The van der Waals surface area contributed by atoms with Gasteiger partial charge in [-0.3, -0.25) is 9.48 Å². The van der Waals surface area contributed by atoms with Crippen molar-refractivity contribution in [3.05, 3.63) is 17.5 Å². The molecule has 1 fully saturated rings. The number of nitrogens with one attached hydrogen (secondary N) is 1. The van der Waals surface area contributed by atoms with Crippen LogP contribution >= 0.6 is 0 Å². The summed E-state index contributed by atoms with van der Waals surface area (Å²) in [5.74, 6) is 0.547. The molecule has 2 rings (SSSR count). The molecule has 1 heterocycles.